The van der Waals surface area contributed by atoms with E-state index in [4.69, 9.17) is 21.4 Å². The number of aromatic carboxylic acids is 1. The highest BCUT2D eigenvalue weighted by atomic mass is 35.5. The highest BCUT2D eigenvalue weighted by Gasteiger charge is 2.16. The van der Waals surface area contributed by atoms with E-state index in [-0.39, 0.29) is 29.9 Å². The van der Waals surface area contributed by atoms with Crippen LogP contribution in [0.4, 0.5) is 4.39 Å². The minimum atomic E-state index is -1.02. The molecule has 3 rings (SSSR count). The van der Waals surface area contributed by atoms with E-state index < -0.39 is 11.8 Å². The fourth-order valence-corrected chi connectivity index (χ4v) is 2.96. The summed E-state index contributed by atoms with van der Waals surface area (Å²) in [6.45, 7) is 1.81. The predicted octanol–water partition coefficient (Wildman–Crippen LogP) is 4.64. The van der Waals surface area contributed by atoms with Crippen LogP contribution < -0.4 is 10.1 Å². The molecular formula is C22H18ClFN2O4. The molecule has 1 heterocycles. The number of hydrogen-bond acceptors (Lipinski definition) is 4. The van der Waals surface area contributed by atoms with E-state index in [1.807, 2.05) is 0 Å². The Hall–Kier alpha value is -3.45. The van der Waals surface area contributed by atoms with Gasteiger partial charge in [-0.05, 0) is 36.8 Å². The Balaban J connectivity index is 1.74. The van der Waals surface area contributed by atoms with Crippen LogP contribution in [0.1, 0.15) is 44.8 Å². The molecule has 1 aromatic heterocycles. The van der Waals surface area contributed by atoms with Crippen LogP contribution in [0.2, 0.25) is 5.02 Å². The Morgan fingerprint density at radius 3 is 2.57 bits per heavy atom. The Labute approximate surface area is 177 Å². The number of amides is 1. The molecular weight excluding hydrogens is 411 g/mol. The third-order valence-corrected chi connectivity index (χ3v) is 4.63. The Kier molecular flexibility index (Phi) is 6.64. The summed E-state index contributed by atoms with van der Waals surface area (Å²) >= 11 is 6.06. The molecule has 3 aromatic rings. The van der Waals surface area contributed by atoms with Gasteiger partial charge in [0.05, 0.1) is 24.0 Å². The van der Waals surface area contributed by atoms with Crippen molar-refractivity contribution in [1.82, 2.24) is 10.3 Å². The Morgan fingerprint density at radius 1 is 1.17 bits per heavy atom. The van der Waals surface area contributed by atoms with Crippen LogP contribution in [0.5, 0.6) is 5.75 Å². The van der Waals surface area contributed by atoms with Crippen LogP contribution in [0.25, 0.3) is 0 Å². The maximum atomic E-state index is 13.3. The van der Waals surface area contributed by atoms with Crippen LogP contribution in [-0.2, 0) is 6.61 Å². The van der Waals surface area contributed by atoms with E-state index in [1.54, 1.807) is 31.2 Å². The fraction of sp³-hybridized carbons (Fsp3) is 0.136. The molecule has 0 saturated carbocycles. The van der Waals surface area contributed by atoms with Crippen molar-refractivity contribution in [3.8, 4) is 5.75 Å². The van der Waals surface area contributed by atoms with Crippen molar-refractivity contribution in [3.63, 3.8) is 0 Å². The molecule has 0 aliphatic carbocycles. The number of hydrogen-bond donors (Lipinski definition) is 2. The molecule has 1 amide bonds. The van der Waals surface area contributed by atoms with E-state index >= 15 is 0 Å². The van der Waals surface area contributed by atoms with Crippen molar-refractivity contribution >= 4 is 23.5 Å². The van der Waals surface area contributed by atoms with E-state index in [9.17, 15) is 14.0 Å². The van der Waals surface area contributed by atoms with E-state index in [1.165, 1.54) is 30.5 Å². The second-order valence-electron chi connectivity index (χ2n) is 6.55. The van der Waals surface area contributed by atoms with Crippen LogP contribution in [0.15, 0.2) is 60.9 Å². The van der Waals surface area contributed by atoms with Crippen LogP contribution in [-0.4, -0.2) is 22.0 Å². The molecule has 6 nitrogen and oxygen atoms in total. The van der Waals surface area contributed by atoms with Gasteiger partial charge >= 0.3 is 5.97 Å². The lowest BCUT2D eigenvalue weighted by molar-refractivity contribution is 0.0696. The number of ether oxygens (including phenoxy) is 1. The SMILES string of the molecule is C[C@H](NC(=O)c1cc(Cl)ccc1COc1cncc(F)c1)c1ccc(C(=O)O)cc1. The molecule has 8 heteroatoms. The number of carbonyl (C=O) groups is 2. The molecule has 0 radical (unpaired) electrons. The average Bonchev–Trinajstić information content (AvgIpc) is 2.72. The first-order valence-electron chi connectivity index (χ1n) is 8.99. The van der Waals surface area contributed by atoms with Gasteiger partial charge in [0, 0.05) is 22.2 Å². The molecule has 0 aliphatic heterocycles. The lowest BCUT2D eigenvalue weighted by Crippen LogP contribution is -2.27. The lowest BCUT2D eigenvalue weighted by atomic mass is 10.0. The van der Waals surface area contributed by atoms with Crippen LogP contribution in [0, 0.1) is 5.82 Å². The van der Waals surface area contributed by atoms with Gasteiger partial charge in [0.15, 0.2) is 0 Å². The zero-order valence-corrected chi connectivity index (χ0v) is 16.7. The van der Waals surface area contributed by atoms with Gasteiger partial charge in [-0.1, -0.05) is 29.8 Å². The number of halogens is 2. The van der Waals surface area contributed by atoms with Gasteiger partial charge in [-0.3, -0.25) is 9.78 Å². The molecule has 1 atom stereocenters. The quantitative estimate of drug-likeness (QED) is 0.572. The third kappa shape index (κ3) is 5.33. The molecule has 0 saturated heterocycles. The van der Waals surface area contributed by atoms with E-state index in [0.717, 1.165) is 11.8 Å². The summed E-state index contributed by atoms with van der Waals surface area (Å²) in [6.07, 6.45) is 2.44. The zero-order valence-electron chi connectivity index (χ0n) is 15.9. The Morgan fingerprint density at radius 2 is 1.90 bits per heavy atom. The van der Waals surface area contributed by atoms with Gasteiger partial charge in [0.25, 0.3) is 5.91 Å². The summed E-state index contributed by atoms with van der Waals surface area (Å²) in [5, 5.41) is 12.2. The number of carboxylic acids is 1. The van der Waals surface area contributed by atoms with Crippen molar-refractivity contribution in [2.24, 2.45) is 0 Å². The summed E-state index contributed by atoms with van der Waals surface area (Å²) in [7, 11) is 0. The Bertz CT molecular complexity index is 1070. The topological polar surface area (TPSA) is 88.5 Å². The molecule has 0 fully saturated rings. The van der Waals surface area contributed by atoms with Gasteiger partial charge in [0.1, 0.15) is 18.2 Å². The minimum absolute atomic E-state index is 0.0206. The molecule has 0 spiro atoms. The molecule has 0 bridgehead atoms. The number of aromatic nitrogens is 1. The van der Waals surface area contributed by atoms with Crippen molar-refractivity contribution in [3.05, 3.63) is 94.0 Å². The summed E-state index contributed by atoms with van der Waals surface area (Å²) in [4.78, 5) is 27.5. The van der Waals surface area contributed by atoms with Gasteiger partial charge in [-0.2, -0.15) is 0 Å². The fourth-order valence-electron chi connectivity index (χ4n) is 2.79. The van der Waals surface area contributed by atoms with Crippen LogP contribution >= 0.6 is 11.6 Å². The third-order valence-electron chi connectivity index (χ3n) is 4.40. The number of nitrogens with zero attached hydrogens (tertiary/aromatic N) is 1. The van der Waals surface area contributed by atoms with Crippen molar-refractivity contribution in [1.29, 1.82) is 0 Å². The van der Waals surface area contributed by atoms with E-state index in [2.05, 4.69) is 10.3 Å². The molecule has 0 unspecified atom stereocenters. The van der Waals surface area contributed by atoms with Crippen molar-refractivity contribution < 1.29 is 23.8 Å². The van der Waals surface area contributed by atoms with Crippen LogP contribution in [0.3, 0.4) is 0 Å². The highest BCUT2D eigenvalue weighted by Crippen LogP contribution is 2.21. The van der Waals surface area contributed by atoms with Gasteiger partial charge < -0.3 is 15.2 Å². The first kappa shape index (κ1) is 21.3. The summed E-state index contributed by atoms with van der Waals surface area (Å²) < 4.78 is 18.8. The maximum Gasteiger partial charge on any atom is 0.335 e. The van der Waals surface area contributed by atoms with Crippen molar-refractivity contribution in [2.45, 2.75) is 19.6 Å². The van der Waals surface area contributed by atoms with Crippen molar-refractivity contribution in [2.75, 3.05) is 0 Å². The van der Waals surface area contributed by atoms with E-state index in [0.29, 0.717) is 16.1 Å². The lowest BCUT2D eigenvalue weighted by Gasteiger charge is -2.17. The van der Waals surface area contributed by atoms with Gasteiger partial charge in [0.2, 0.25) is 0 Å². The average molecular weight is 429 g/mol. The zero-order chi connectivity index (χ0) is 21.7. The predicted molar refractivity (Wildman–Crippen MR) is 109 cm³/mol. The maximum absolute atomic E-state index is 13.3. The molecule has 2 N–H and O–H groups in total. The second kappa shape index (κ2) is 9.37. The normalized spacial score (nSPS) is 11.6. The number of carboxylic acid groups (broad SMARTS) is 1. The number of pyridine rings is 1. The molecule has 154 valence electrons. The number of carbonyl (C=O) groups excluding carboxylic acids is 1. The highest BCUT2D eigenvalue weighted by molar-refractivity contribution is 6.31. The molecule has 30 heavy (non-hydrogen) atoms. The first-order valence-corrected chi connectivity index (χ1v) is 9.37. The molecule has 2 aromatic carbocycles. The summed E-state index contributed by atoms with van der Waals surface area (Å²) in [5.74, 6) is -1.67. The summed E-state index contributed by atoms with van der Waals surface area (Å²) in [6, 6.07) is 11.9. The second-order valence-corrected chi connectivity index (χ2v) is 6.99. The standard InChI is InChI=1S/C22H18ClFN2O4/c1-13(14-2-4-15(5-3-14)22(28)29)26-21(27)20-8-17(23)7-6-16(20)12-30-19-9-18(24)10-25-11-19/h2-11,13H,12H2,1H3,(H,26,27)(H,28,29)/t13-/m0/s1. The first-order chi connectivity index (χ1) is 14.3. The minimum Gasteiger partial charge on any atom is -0.487 e. The smallest absolute Gasteiger partial charge is 0.335 e. The largest absolute Gasteiger partial charge is 0.487 e. The number of nitrogens with one attached hydrogen (secondary N) is 1. The summed E-state index contributed by atoms with van der Waals surface area (Å²) in [5.41, 5.74) is 1.80. The van der Waals surface area contributed by atoms with Gasteiger partial charge in [-0.25, -0.2) is 9.18 Å². The molecule has 0 aliphatic rings. The number of rotatable bonds is 7. The monoisotopic (exact) mass is 428 g/mol. The van der Waals surface area contributed by atoms with Gasteiger partial charge in [-0.15, -0.1) is 0 Å². The number of benzene rings is 2.